The van der Waals surface area contributed by atoms with E-state index in [1.165, 1.54) is 5.34 Å². The standard InChI is InChI=1S/H4N2.HNO2/c1-2;2-1-3/h1-2H2;(H,2,3). The van der Waals surface area contributed by atoms with Crippen molar-refractivity contribution in [3.05, 3.63) is 4.91 Å². The fraction of sp³-hybridized carbons (Fsp3) is 0. The zero-order valence-electron chi connectivity index (χ0n) is 2.46. The van der Waals surface area contributed by atoms with E-state index < -0.39 is 0 Å². The summed E-state index contributed by atoms with van der Waals surface area (Å²) in [5.41, 5.74) is 0. The second kappa shape index (κ2) is 175. The van der Waals surface area contributed by atoms with Gasteiger partial charge >= 0.3 is 0 Å². The van der Waals surface area contributed by atoms with E-state index in [9.17, 15) is 0 Å². The van der Waals surface area contributed by atoms with Gasteiger partial charge in [0.05, 0.1) is 0 Å². The quantitative estimate of drug-likeness (QED) is 0.196. The lowest BCUT2D eigenvalue weighted by molar-refractivity contribution is 0.312. The van der Waals surface area contributed by atoms with E-state index in [1.807, 2.05) is 0 Å². The van der Waals surface area contributed by atoms with Gasteiger partial charge in [-0.3, -0.25) is 11.7 Å². The second-order valence-electron chi connectivity index (χ2n) is 0.0816. The van der Waals surface area contributed by atoms with Gasteiger partial charge in [0.2, 0.25) is 0 Å². The van der Waals surface area contributed by atoms with Crippen molar-refractivity contribution in [2.45, 2.75) is 0 Å². The third-order valence-electron chi connectivity index (χ3n) is 0. The Kier molecular flexibility index (Phi) is 309. The molecule has 0 saturated carbocycles. The van der Waals surface area contributed by atoms with Crippen molar-refractivity contribution in [3.8, 4) is 0 Å². The number of hydrogen-bond acceptors (Lipinski definition) is 4. The minimum Gasteiger partial charge on any atom is -0.379 e. The second-order valence-corrected chi connectivity index (χ2v) is 0.0816. The van der Waals surface area contributed by atoms with Gasteiger partial charge in [0.15, 0.2) is 5.34 Å². The first-order valence-corrected chi connectivity index (χ1v) is 0.716. The lowest BCUT2D eigenvalue weighted by Gasteiger charge is -1.32. The molecule has 0 aromatic rings. The Morgan fingerprint density at radius 1 is 1.60 bits per heavy atom. The van der Waals surface area contributed by atoms with Crippen molar-refractivity contribution in [1.29, 1.82) is 0 Å². The van der Waals surface area contributed by atoms with Crippen LogP contribution >= 0.6 is 0 Å². The molecule has 5 heavy (non-hydrogen) atoms. The Hall–Kier alpha value is -0.680. The molecule has 0 fully saturated rings. The topological polar surface area (TPSA) is 102 Å². The zero-order valence-corrected chi connectivity index (χ0v) is 2.46. The third-order valence-corrected chi connectivity index (χ3v) is 0. The van der Waals surface area contributed by atoms with E-state index in [0.717, 1.165) is 0 Å². The summed E-state index contributed by atoms with van der Waals surface area (Å²) in [5.74, 6) is 8.00. The van der Waals surface area contributed by atoms with Crippen LogP contribution in [0.4, 0.5) is 0 Å². The van der Waals surface area contributed by atoms with E-state index >= 15 is 0 Å². The van der Waals surface area contributed by atoms with Crippen LogP contribution in [0, 0.1) is 4.91 Å². The molecule has 5 nitrogen and oxygen atoms in total. The summed E-state index contributed by atoms with van der Waals surface area (Å²) in [7, 11) is 0. The Labute approximate surface area is 28.5 Å². The number of rotatable bonds is 0. The van der Waals surface area contributed by atoms with Gasteiger partial charge in [-0.15, -0.1) is 4.91 Å². The first kappa shape index (κ1) is 8.85. The molecule has 0 saturated heterocycles. The molecule has 0 aromatic carbocycles. The molecular weight excluding hydrogens is 74.0 g/mol. The van der Waals surface area contributed by atoms with Gasteiger partial charge in [-0.05, 0) is 0 Å². The first-order chi connectivity index (χ1) is 2.41. The van der Waals surface area contributed by atoms with E-state index in [1.54, 1.807) is 0 Å². The SMILES string of the molecule is NN.O=NO. The van der Waals surface area contributed by atoms with Gasteiger partial charge in [0.25, 0.3) is 0 Å². The van der Waals surface area contributed by atoms with Crippen LogP contribution in [-0.2, 0) is 0 Å². The Morgan fingerprint density at radius 3 is 1.60 bits per heavy atom. The molecular formula is H5N3O2. The maximum Gasteiger partial charge on any atom is 0.152 e. The Morgan fingerprint density at radius 2 is 1.60 bits per heavy atom. The fourth-order valence-electron chi connectivity index (χ4n) is 0. The van der Waals surface area contributed by atoms with Crippen LogP contribution in [0.2, 0.25) is 0 Å². The smallest absolute Gasteiger partial charge is 0.152 e. The number of hydrazine groups is 1. The molecule has 32 valence electrons. The third kappa shape index (κ3) is 12.5. The minimum absolute atomic E-state index is 1.25. The van der Waals surface area contributed by atoms with Crippen LogP contribution in [0.25, 0.3) is 0 Å². The molecule has 0 radical (unpaired) electrons. The molecule has 0 aliphatic rings. The van der Waals surface area contributed by atoms with Gasteiger partial charge in [0.1, 0.15) is 0 Å². The van der Waals surface area contributed by atoms with Gasteiger partial charge in [-0.25, -0.2) is 0 Å². The maximum absolute atomic E-state index is 8.11. The summed E-state index contributed by atoms with van der Waals surface area (Å²) < 4.78 is 0. The summed E-state index contributed by atoms with van der Waals surface area (Å²) in [5, 5.41) is 7.89. The fourth-order valence-corrected chi connectivity index (χ4v) is 0. The molecule has 0 aliphatic carbocycles. The van der Waals surface area contributed by atoms with Crippen LogP contribution in [0.5, 0.6) is 0 Å². The predicted octanol–water partition coefficient (Wildman–Crippen LogP) is -1.04. The van der Waals surface area contributed by atoms with Gasteiger partial charge in [-0.1, -0.05) is 0 Å². The van der Waals surface area contributed by atoms with E-state index in [0.29, 0.717) is 0 Å². The summed E-state index contributed by atoms with van der Waals surface area (Å²) in [6.45, 7) is 0. The zero-order chi connectivity index (χ0) is 4.71. The highest BCUT2D eigenvalue weighted by Crippen LogP contribution is 1.25. The normalized spacial score (nSPS) is 3.60. The molecule has 0 unspecified atom stereocenters. The highest BCUT2D eigenvalue weighted by atomic mass is 16.6. The predicted molar refractivity (Wildman–Crippen MR) is 16.0 cm³/mol. The average Bonchev–Trinajstić information content (AvgIpc) is 1.46. The van der Waals surface area contributed by atoms with Crippen molar-refractivity contribution in [1.82, 2.24) is 0 Å². The molecule has 0 amide bonds. The lowest BCUT2D eigenvalue weighted by atomic mass is 13.0. The van der Waals surface area contributed by atoms with Crippen molar-refractivity contribution in [2.24, 2.45) is 17.0 Å². The molecule has 0 aromatic heterocycles. The van der Waals surface area contributed by atoms with Crippen LogP contribution in [0.3, 0.4) is 0 Å². The van der Waals surface area contributed by atoms with Crippen molar-refractivity contribution in [2.75, 3.05) is 0 Å². The summed E-state index contributed by atoms with van der Waals surface area (Å²) in [6, 6.07) is 0. The highest BCUT2D eigenvalue weighted by Gasteiger charge is 1.18. The average molecular weight is 79.1 g/mol. The maximum atomic E-state index is 8.11. The van der Waals surface area contributed by atoms with Crippen molar-refractivity contribution >= 4 is 0 Å². The summed E-state index contributed by atoms with van der Waals surface area (Å²) in [4.78, 5) is 8.11. The molecule has 0 bridgehead atoms. The minimum atomic E-state index is 1.25. The highest BCUT2D eigenvalue weighted by molar-refractivity contribution is 3.83. The van der Waals surface area contributed by atoms with E-state index in [-0.39, 0.29) is 0 Å². The van der Waals surface area contributed by atoms with Crippen LogP contribution in [0.15, 0.2) is 5.34 Å². The van der Waals surface area contributed by atoms with Gasteiger partial charge < -0.3 is 5.21 Å². The Bertz CT molecular complexity index is 12.4. The monoisotopic (exact) mass is 79.0 g/mol. The summed E-state index contributed by atoms with van der Waals surface area (Å²) in [6.07, 6.45) is 0. The van der Waals surface area contributed by atoms with Gasteiger partial charge in [-0.2, -0.15) is 0 Å². The van der Waals surface area contributed by atoms with Crippen LogP contribution in [-0.4, -0.2) is 5.21 Å². The number of nitrogens with two attached hydrogens (primary N) is 2. The molecule has 0 heterocycles. The molecule has 5 N–H and O–H groups in total. The van der Waals surface area contributed by atoms with Crippen molar-refractivity contribution in [3.63, 3.8) is 0 Å². The van der Waals surface area contributed by atoms with Crippen molar-refractivity contribution < 1.29 is 5.21 Å². The molecule has 5 heteroatoms. The Balaban J connectivity index is 0. The number of nitrogens with zero attached hydrogens (tertiary/aromatic N) is 1. The van der Waals surface area contributed by atoms with Crippen LogP contribution < -0.4 is 11.7 Å². The van der Waals surface area contributed by atoms with E-state index in [2.05, 4.69) is 11.7 Å². The van der Waals surface area contributed by atoms with Crippen LogP contribution in [0.1, 0.15) is 0 Å². The lowest BCUT2D eigenvalue weighted by Crippen LogP contribution is -2.02. The summed E-state index contributed by atoms with van der Waals surface area (Å²) >= 11 is 0. The number of hydrogen-bond donors (Lipinski definition) is 3. The molecule has 0 spiro atoms. The molecule has 0 aliphatic heterocycles. The molecule has 0 rings (SSSR count). The first-order valence-electron chi connectivity index (χ1n) is 0.716. The molecule has 0 atom stereocenters. The van der Waals surface area contributed by atoms with E-state index in [4.69, 9.17) is 10.1 Å². The largest absolute Gasteiger partial charge is 0.379 e. The van der Waals surface area contributed by atoms with Gasteiger partial charge in [0, 0.05) is 0 Å².